The van der Waals surface area contributed by atoms with Crippen LogP contribution in [0.4, 0.5) is 5.69 Å². The minimum atomic E-state index is -3.20. The Bertz CT molecular complexity index is 1670. The van der Waals surface area contributed by atoms with Gasteiger partial charge in [0, 0.05) is 23.7 Å². The molecule has 2 aromatic carbocycles. The van der Waals surface area contributed by atoms with Crippen molar-refractivity contribution in [3.05, 3.63) is 58.7 Å². The van der Waals surface area contributed by atoms with Gasteiger partial charge in [0.15, 0.2) is 9.84 Å². The number of fused-ring (bicyclic) bond motifs is 1. The molecule has 9 nitrogen and oxygen atoms in total. The van der Waals surface area contributed by atoms with Crippen molar-refractivity contribution in [3.63, 3.8) is 0 Å². The van der Waals surface area contributed by atoms with Crippen molar-refractivity contribution in [3.8, 4) is 16.9 Å². The zero-order valence-electron chi connectivity index (χ0n) is 21.0. The Labute approximate surface area is 224 Å². The number of amides is 1. The standard InChI is InChI=1S/C27H27ClN4O5S/c1-15-26(16(2)37-30-15)17-5-7-22-21(12-17)29-27(32(22)19-4-3-11-38(35,36)14-19)23-8-10-25(34)31(23)18-6-9-24(33)20(28)13-18/h5-7,9,12-13,19,23,33H,3-4,8,10-11,14H2,1-2H3/t19?,23-/m0/s1. The molecule has 0 saturated carbocycles. The van der Waals surface area contributed by atoms with E-state index in [1.54, 1.807) is 17.0 Å². The van der Waals surface area contributed by atoms with Gasteiger partial charge in [0.2, 0.25) is 5.91 Å². The molecule has 1 unspecified atom stereocenters. The molecule has 4 aromatic rings. The summed E-state index contributed by atoms with van der Waals surface area (Å²) in [5.74, 6) is 1.42. The van der Waals surface area contributed by atoms with Gasteiger partial charge in [-0.1, -0.05) is 22.8 Å². The third kappa shape index (κ3) is 4.16. The average molecular weight is 555 g/mol. The predicted octanol–water partition coefficient (Wildman–Crippen LogP) is 5.28. The van der Waals surface area contributed by atoms with Gasteiger partial charge in [0.25, 0.3) is 0 Å². The van der Waals surface area contributed by atoms with Gasteiger partial charge in [0.1, 0.15) is 17.3 Å². The Balaban J connectivity index is 1.53. The molecule has 11 heteroatoms. The van der Waals surface area contributed by atoms with Gasteiger partial charge in [-0.15, -0.1) is 0 Å². The number of imidazole rings is 1. The number of aromatic nitrogens is 3. The van der Waals surface area contributed by atoms with E-state index in [0.29, 0.717) is 48.5 Å². The molecule has 2 aromatic heterocycles. The van der Waals surface area contributed by atoms with Crippen LogP contribution in [0.25, 0.3) is 22.2 Å². The van der Waals surface area contributed by atoms with Crippen LogP contribution in [0.5, 0.6) is 5.75 Å². The molecule has 0 radical (unpaired) electrons. The normalized spacial score (nSPS) is 21.4. The number of nitrogens with zero attached hydrogens (tertiary/aromatic N) is 4. The molecular formula is C27H27ClN4O5S. The second-order valence-corrected chi connectivity index (χ2v) is 12.7. The van der Waals surface area contributed by atoms with Crippen molar-refractivity contribution in [2.24, 2.45) is 0 Å². The first-order valence-electron chi connectivity index (χ1n) is 12.6. The summed E-state index contributed by atoms with van der Waals surface area (Å²) in [5.41, 5.74) is 4.68. The third-order valence-corrected chi connectivity index (χ3v) is 9.67. The number of anilines is 1. The zero-order valence-corrected chi connectivity index (χ0v) is 22.6. The lowest BCUT2D eigenvalue weighted by Gasteiger charge is -2.30. The third-order valence-electron chi connectivity index (χ3n) is 7.56. The molecular weight excluding hydrogens is 528 g/mol. The summed E-state index contributed by atoms with van der Waals surface area (Å²) >= 11 is 6.19. The van der Waals surface area contributed by atoms with Crippen LogP contribution >= 0.6 is 11.6 Å². The number of carbonyl (C=O) groups is 1. The van der Waals surface area contributed by atoms with E-state index in [4.69, 9.17) is 21.1 Å². The summed E-state index contributed by atoms with van der Waals surface area (Å²) in [6, 6.07) is 9.90. The Morgan fingerprint density at radius 1 is 1.13 bits per heavy atom. The first kappa shape index (κ1) is 24.9. The van der Waals surface area contributed by atoms with Crippen molar-refractivity contribution >= 4 is 44.1 Å². The van der Waals surface area contributed by atoms with E-state index in [2.05, 4.69) is 5.16 Å². The summed E-state index contributed by atoms with van der Waals surface area (Å²) in [7, 11) is -3.20. The molecule has 1 amide bonds. The van der Waals surface area contributed by atoms with Gasteiger partial charge in [-0.2, -0.15) is 0 Å². The van der Waals surface area contributed by atoms with Crippen molar-refractivity contribution in [1.29, 1.82) is 0 Å². The van der Waals surface area contributed by atoms with Crippen LogP contribution in [0.3, 0.4) is 0 Å². The van der Waals surface area contributed by atoms with Gasteiger partial charge >= 0.3 is 0 Å². The van der Waals surface area contributed by atoms with Crippen LogP contribution in [-0.2, 0) is 14.6 Å². The smallest absolute Gasteiger partial charge is 0.227 e. The minimum Gasteiger partial charge on any atom is -0.506 e. The number of rotatable bonds is 4. The van der Waals surface area contributed by atoms with Gasteiger partial charge in [-0.25, -0.2) is 13.4 Å². The fraction of sp³-hybridized carbons (Fsp3) is 0.370. The molecule has 2 saturated heterocycles. The maximum Gasteiger partial charge on any atom is 0.227 e. The van der Waals surface area contributed by atoms with E-state index in [9.17, 15) is 18.3 Å². The number of phenolic OH excluding ortho intramolecular Hbond substituents is 1. The molecule has 0 bridgehead atoms. The second-order valence-electron chi connectivity index (χ2n) is 10.1. The molecule has 1 N–H and O–H groups in total. The Kier molecular flexibility index (Phi) is 5.99. The number of hydrogen-bond acceptors (Lipinski definition) is 7. The molecule has 38 heavy (non-hydrogen) atoms. The number of aromatic hydroxyl groups is 1. The van der Waals surface area contributed by atoms with E-state index in [1.807, 2.05) is 36.6 Å². The molecule has 4 heterocycles. The maximum atomic E-state index is 13.1. The Morgan fingerprint density at radius 2 is 1.95 bits per heavy atom. The van der Waals surface area contributed by atoms with E-state index in [1.165, 1.54) is 6.07 Å². The van der Waals surface area contributed by atoms with E-state index in [0.717, 1.165) is 22.3 Å². The van der Waals surface area contributed by atoms with Crippen molar-refractivity contribution in [2.75, 3.05) is 16.4 Å². The van der Waals surface area contributed by atoms with E-state index >= 15 is 0 Å². The molecule has 198 valence electrons. The monoisotopic (exact) mass is 554 g/mol. The summed E-state index contributed by atoms with van der Waals surface area (Å²) < 4.78 is 32.7. The highest BCUT2D eigenvalue weighted by molar-refractivity contribution is 7.91. The number of halogens is 1. The zero-order chi connectivity index (χ0) is 26.8. The van der Waals surface area contributed by atoms with Gasteiger partial charge < -0.3 is 19.1 Å². The van der Waals surface area contributed by atoms with Gasteiger partial charge in [-0.3, -0.25) is 4.79 Å². The first-order valence-corrected chi connectivity index (χ1v) is 14.8. The Hall–Kier alpha value is -3.37. The van der Waals surface area contributed by atoms with Gasteiger partial charge in [-0.05, 0) is 69.0 Å². The molecule has 2 fully saturated rings. The highest BCUT2D eigenvalue weighted by atomic mass is 35.5. The predicted molar refractivity (Wildman–Crippen MR) is 144 cm³/mol. The van der Waals surface area contributed by atoms with Crippen LogP contribution in [0, 0.1) is 13.8 Å². The number of aryl methyl sites for hydroxylation is 2. The largest absolute Gasteiger partial charge is 0.506 e. The minimum absolute atomic E-state index is 0.0305. The second kappa shape index (κ2) is 9.13. The van der Waals surface area contributed by atoms with Crippen molar-refractivity contribution in [1.82, 2.24) is 14.7 Å². The molecule has 0 spiro atoms. The quantitative estimate of drug-likeness (QED) is 0.364. The summed E-state index contributed by atoms with van der Waals surface area (Å²) in [6.45, 7) is 3.75. The summed E-state index contributed by atoms with van der Waals surface area (Å²) in [6.07, 6.45) is 2.12. The lowest BCUT2D eigenvalue weighted by atomic mass is 10.0. The molecule has 2 aliphatic rings. The summed E-state index contributed by atoms with van der Waals surface area (Å²) in [4.78, 5) is 19.8. The molecule has 0 aliphatic carbocycles. The van der Waals surface area contributed by atoms with Gasteiger partial charge in [0.05, 0.1) is 39.3 Å². The van der Waals surface area contributed by atoms with E-state index in [-0.39, 0.29) is 34.2 Å². The van der Waals surface area contributed by atoms with Crippen LogP contribution in [-0.4, -0.2) is 45.6 Å². The maximum absolute atomic E-state index is 13.1. The topological polar surface area (TPSA) is 119 Å². The van der Waals surface area contributed by atoms with Crippen molar-refractivity contribution in [2.45, 2.75) is 51.6 Å². The molecule has 2 aliphatic heterocycles. The highest BCUT2D eigenvalue weighted by Gasteiger charge is 2.39. The first-order chi connectivity index (χ1) is 18.1. The number of carbonyl (C=O) groups excluding carboxylic acids is 1. The number of hydrogen-bond donors (Lipinski definition) is 1. The highest BCUT2D eigenvalue weighted by Crippen LogP contribution is 2.42. The number of benzene rings is 2. The van der Waals surface area contributed by atoms with Crippen LogP contribution < -0.4 is 4.90 Å². The fourth-order valence-corrected chi connectivity index (χ4v) is 7.74. The SMILES string of the molecule is Cc1noc(C)c1-c1ccc2c(c1)nc([C@@H]1CCC(=O)N1c1ccc(O)c(Cl)c1)n2C1CCCS(=O)(=O)C1. The van der Waals surface area contributed by atoms with Crippen LogP contribution in [0.15, 0.2) is 40.9 Å². The Morgan fingerprint density at radius 3 is 2.66 bits per heavy atom. The average Bonchev–Trinajstić information content (AvgIpc) is 3.54. The fourth-order valence-electron chi connectivity index (χ4n) is 5.89. The van der Waals surface area contributed by atoms with Crippen molar-refractivity contribution < 1.29 is 22.8 Å². The molecule has 6 rings (SSSR count). The summed E-state index contributed by atoms with van der Waals surface area (Å²) in [5, 5.41) is 14.1. The lowest BCUT2D eigenvalue weighted by molar-refractivity contribution is -0.117. The van der Waals surface area contributed by atoms with Crippen LogP contribution in [0.2, 0.25) is 5.02 Å². The van der Waals surface area contributed by atoms with E-state index < -0.39 is 15.9 Å². The lowest BCUT2D eigenvalue weighted by Crippen LogP contribution is -2.32. The van der Waals surface area contributed by atoms with Crippen LogP contribution in [0.1, 0.15) is 55.0 Å². The molecule has 2 atom stereocenters. The number of phenols is 1. The number of sulfone groups is 1.